The molecule has 0 aromatic heterocycles. The van der Waals surface area contributed by atoms with Crippen molar-refractivity contribution in [3.05, 3.63) is 58.6 Å². The smallest absolute Gasteiger partial charge is 0.254 e. The van der Waals surface area contributed by atoms with Crippen LogP contribution in [0.25, 0.3) is 0 Å². The highest BCUT2D eigenvalue weighted by Gasteiger charge is 2.35. The largest absolute Gasteiger partial charge is 0.494 e. The molecule has 0 radical (unpaired) electrons. The van der Waals surface area contributed by atoms with Gasteiger partial charge in [0.25, 0.3) is 5.91 Å². The molecule has 28 heavy (non-hydrogen) atoms. The third kappa shape index (κ3) is 6.97. The van der Waals surface area contributed by atoms with Crippen molar-refractivity contribution in [3.8, 4) is 5.75 Å². The van der Waals surface area contributed by atoms with Gasteiger partial charge in [-0.1, -0.05) is 46.9 Å². The number of ether oxygens (including phenoxy) is 1. The molecule has 5 nitrogen and oxygen atoms in total. The fraction of sp³-hybridized carbons (Fsp3) is 0.222. The van der Waals surface area contributed by atoms with Gasteiger partial charge in [-0.15, -0.1) is 0 Å². The lowest BCUT2D eigenvalue weighted by molar-refractivity contribution is 0.0933. The summed E-state index contributed by atoms with van der Waals surface area (Å²) in [7, 11) is 0. The first-order valence-corrected chi connectivity index (χ1v) is 10.5. The molecule has 0 heterocycles. The molecule has 0 unspecified atom stereocenters. The molecule has 2 rings (SSSR count). The van der Waals surface area contributed by atoms with Gasteiger partial charge in [0, 0.05) is 10.2 Å². The summed E-state index contributed by atoms with van der Waals surface area (Å²) in [5, 5.41) is 8.59. The standard InChI is InChI=1S/C18H17BrCl3N3O2S/c1-2-27-12-9-7-11(8-10-12)23-17(28)25-16(18(20,21)22)24-15(26)13-5-3-4-6-14(13)19/h3-10,16H,2H2,1H3,(H,24,26)(H2,23,25,28)/t16-/m0/s1. The average molecular weight is 526 g/mol. The van der Waals surface area contributed by atoms with E-state index in [1.54, 1.807) is 48.5 Å². The van der Waals surface area contributed by atoms with Crippen LogP contribution in [0.2, 0.25) is 0 Å². The molecule has 2 aromatic rings. The number of halogens is 4. The summed E-state index contributed by atoms with van der Waals surface area (Å²) in [5.41, 5.74) is 1.11. The fourth-order valence-electron chi connectivity index (χ4n) is 2.15. The number of hydrogen-bond acceptors (Lipinski definition) is 3. The highest BCUT2D eigenvalue weighted by Crippen LogP contribution is 2.29. The van der Waals surface area contributed by atoms with Gasteiger partial charge in [-0.2, -0.15) is 0 Å². The summed E-state index contributed by atoms with van der Waals surface area (Å²) in [5.74, 6) is 0.312. The minimum atomic E-state index is -1.85. The van der Waals surface area contributed by atoms with Gasteiger partial charge >= 0.3 is 0 Å². The quantitative estimate of drug-likeness (QED) is 0.273. The molecule has 1 amide bonds. The van der Waals surface area contributed by atoms with Crippen LogP contribution in [-0.4, -0.2) is 27.6 Å². The number of hydrogen-bond donors (Lipinski definition) is 3. The second-order valence-electron chi connectivity index (χ2n) is 5.48. The number of carbonyl (C=O) groups is 1. The number of alkyl halides is 3. The Morgan fingerprint density at radius 1 is 1.14 bits per heavy atom. The molecule has 0 aliphatic rings. The van der Waals surface area contributed by atoms with E-state index in [4.69, 9.17) is 51.8 Å². The highest BCUT2D eigenvalue weighted by atomic mass is 79.9. The van der Waals surface area contributed by atoms with Gasteiger partial charge in [-0.3, -0.25) is 4.79 Å². The van der Waals surface area contributed by atoms with E-state index < -0.39 is 15.9 Å². The Balaban J connectivity index is 2.04. The van der Waals surface area contributed by atoms with Gasteiger partial charge in [0.1, 0.15) is 11.9 Å². The summed E-state index contributed by atoms with van der Waals surface area (Å²) < 4.78 is 4.16. The summed E-state index contributed by atoms with van der Waals surface area (Å²) in [6.07, 6.45) is -1.07. The molecule has 0 aliphatic carbocycles. The van der Waals surface area contributed by atoms with Crippen molar-refractivity contribution in [1.82, 2.24) is 10.6 Å². The Hall–Kier alpha value is -1.25. The molecule has 1 atom stereocenters. The first kappa shape index (κ1) is 23.0. The van der Waals surface area contributed by atoms with E-state index >= 15 is 0 Å². The summed E-state index contributed by atoms with van der Waals surface area (Å²) >= 11 is 26.6. The van der Waals surface area contributed by atoms with Crippen LogP contribution in [0.4, 0.5) is 5.69 Å². The monoisotopic (exact) mass is 523 g/mol. The van der Waals surface area contributed by atoms with Gasteiger partial charge < -0.3 is 20.7 Å². The lowest BCUT2D eigenvalue weighted by atomic mass is 10.2. The van der Waals surface area contributed by atoms with Crippen molar-refractivity contribution in [2.24, 2.45) is 0 Å². The Labute approximate surface area is 192 Å². The van der Waals surface area contributed by atoms with E-state index in [1.165, 1.54) is 0 Å². The number of rotatable bonds is 6. The van der Waals surface area contributed by atoms with Crippen molar-refractivity contribution in [3.63, 3.8) is 0 Å². The Bertz CT molecular complexity index is 832. The molecular formula is C18H17BrCl3N3O2S. The maximum absolute atomic E-state index is 12.5. The minimum absolute atomic E-state index is 0.174. The van der Waals surface area contributed by atoms with Crippen LogP contribution >= 0.6 is 63.0 Å². The summed E-state index contributed by atoms with van der Waals surface area (Å²) in [6.45, 7) is 2.49. The minimum Gasteiger partial charge on any atom is -0.494 e. The number of carbonyl (C=O) groups excluding carboxylic acids is 1. The number of anilines is 1. The van der Waals surface area contributed by atoms with E-state index in [0.29, 0.717) is 22.3 Å². The number of thiocarbonyl (C=S) groups is 1. The van der Waals surface area contributed by atoms with Crippen molar-refractivity contribution in [2.75, 3.05) is 11.9 Å². The zero-order chi connectivity index (χ0) is 20.7. The first-order valence-electron chi connectivity index (χ1n) is 8.13. The van der Waals surface area contributed by atoms with Crippen LogP contribution in [0.1, 0.15) is 17.3 Å². The summed E-state index contributed by atoms with van der Waals surface area (Å²) in [4.78, 5) is 12.5. The third-order valence-electron chi connectivity index (χ3n) is 3.42. The topological polar surface area (TPSA) is 62.4 Å². The maximum atomic E-state index is 12.5. The van der Waals surface area contributed by atoms with E-state index in [-0.39, 0.29) is 5.11 Å². The zero-order valence-electron chi connectivity index (χ0n) is 14.6. The van der Waals surface area contributed by atoms with Crippen LogP contribution in [0, 0.1) is 0 Å². The fourth-order valence-corrected chi connectivity index (χ4v) is 3.18. The summed E-state index contributed by atoms with van der Waals surface area (Å²) in [6, 6.07) is 14.1. The zero-order valence-corrected chi connectivity index (χ0v) is 19.3. The van der Waals surface area contributed by atoms with E-state index in [2.05, 4.69) is 31.9 Å². The second-order valence-corrected chi connectivity index (χ2v) is 9.12. The van der Waals surface area contributed by atoms with Gasteiger partial charge in [-0.05, 0) is 71.5 Å². The molecule has 0 bridgehead atoms. The van der Waals surface area contributed by atoms with Crippen LogP contribution in [0.5, 0.6) is 5.75 Å². The molecule has 0 saturated heterocycles. The average Bonchev–Trinajstić information content (AvgIpc) is 2.62. The van der Waals surface area contributed by atoms with E-state index in [9.17, 15) is 4.79 Å². The Morgan fingerprint density at radius 2 is 1.79 bits per heavy atom. The Morgan fingerprint density at radius 3 is 2.36 bits per heavy atom. The molecule has 3 N–H and O–H groups in total. The molecule has 0 saturated carbocycles. The second kappa shape index (κ2) is 10.5. The molecule has 0 aliphatic heterocycles. The van der Waals surface area contributed by atoms with Crippen molar-refractivity contribution in [2.45, 2.75) is 16.9 Å². The molecule has 0 spiro atoms. The van der Waals surface area contributed by atoms with Gasteiger partial charge in [0.15, 0.2) is 5.11 Å². The van der Waals surface area contributed by atoms with E-state index in [0.717, 1.165) is 5.75 Å². The lowest BCUT2D eigenvalue weighted by Crippen LogP contribution is -2.56. The number of benzene rings is 2. The Kier molecular flexibility index (Phi) is 8.64. The molecular weight excluding hydrogens is 509 g/mol. The predicted molar refractivity (Wildman–Crippen MR) is 123 cm³/mol. The molecule has 10 heteroatoms. The van der Waals surface area contributed by atoms with Gasteiger partial charge in [0.2, 0.25) is 3.79 Å². The SMILES string of the molecule is CCOc1ccc(NC(=S)N[C@H](NC(=O)c2ccccc2Br)C(Cl)(Cl)Cl)cc1. The van der Waals surface area contributed by atoms with Crippen LogP contribution in [0.15, 0.2) is 53.0 Å². The highest BCUT2D eigenvalue weighted by molar-refractivity contribution is 9.10. The van der Waals surface area contributed by atoms with Gasteiger partial charge in [-0.25, -0.2) is 0 Å². The van der Waals surface area contributed by atoms with Crippen LogP contribution < -0.4 is 20.7 Å². The first-order chi connectivity index (χ1) is 13.2. The molecule has 2 aromatic carbocycles. The third-order valence-corrected chi connectivity index (χ3v) is 4.99. The lowest BCUT2D eigenvalue weighted by Gasteiger charge is -2.28. The van der Waals surface area contributed by atoms with Crippen LogP contribution in [0.3, 0.4) is 0 Å². The van der Waals surface area contributed by atoms with E-state index in [1.807, 2.05) is 6.92 Å². The maximum Gasteiger partial charge on any atom is 0.254 e. The molecule has 150 valence electrons. The number of amides is 1. The predicted octanol–water partition coefficient (Wildman–Crippen LogP) is 5.26. The molecule has 0 fully saturated rings. The van der Waals surface area contributed by atoms with Crippen molar-refractivity contribution < 1.29 is 9.53 Å². The van der Waals surface area contributed by atoms with Crippen molar-refractivity contribution in [1.29, 1.82) is 0 Å². The van der Waals surface area contributed by atoms with Crippen LogP contribution in [-0.2, 0) is 0 Å². The van der Waals surface area contributed by atoms with Gasteiger partial charge in [0.05, 0.1) is 12.2 Å². The number of nitrogens with one attached hydrogen (secondary N) is 3. The van der Waals surface area contributed by atoms with Crippen molar-refractivity contribution >= 4 is 79.7 Å². The normalized spacial score (nSPS) is 12.0.